The van der Waals surface area contributed by atoms with Crippen molar-refractivity contribution in [3.8, 4) is 16.9 Å². The van der Waals surface area contributed by atoms with Crippen molar-refractivity contribution in [3.05, 3.63) is 89.9 Å². The van der Waals surface area contributed by atoms with Crippen LogP contribution in [0.5, 0.6) is 5.75 Å². The number of aromatic amines is 1. The highest BCUT2D eigenvalue weighted by atomic mass is 19.3. The number of carbonyl (C=O) groups is 1. The van der Waals surface area contributed by atoms with Crippen LogP contribution in [0.1, 0.15) is 15.9 Å². The monoisotopic (exact) mass is 453 g/mol. The largest absolute Gasteiger partial charge is 0.434 e. The molecule has 0 radical (unpaired) electrons. The fraction of sp³-hybridized carbons (Fsp3) is 0.160. The lowest BCUT2D eigenvalue weighted by Gasteiger charge is -2.19. The Balaban J connectivity index is 1.62. The summed E-state index contributed by atoms with van der Waals surface area (Å²) in [7, 11) is 0. The van der Waals surface area contributed by atoms with Crippen LogP contribution in [0.3, 0.4) is 0 Å². The van der Waals surface area contributed by atoms with Gasteiger partial charge in [0.25, 0.3) is 5.91 Å². The van der Waals surface area contributed by atoms with Crippen LogP contribution in [0.25, 0.3) is 22.0 Å². The average Bonchev–Trinajstić information content (AvgIpc) is 3.21. The molecule has 1 aromatic heterocycles. The fourth-order valence-electron chi connectivity index (χ4n) is 3.79. The quantitative estimate of drug-likeness (QED) is 0.356. The van der Waals surface area contributed by atoms with Gasteiger partial charge in [0.15, 0.2) is 0 Å². The molecule has 4 N–H and O–H groups in total. The van der Waals surface area contributed by atoms with Crippen LogP contribution in [0.15, 0.2) is 72.9 Å². The zero-order valence-electron chi connectivity index (χ0n) is 17.5. The van der Waals surface area contributed by atoms with Gasteiger partial charge in [-0.05, 0) is 41.8 Å². The Morgan fingerprint density at radius 1 is 1.06 bits per heavy atom. The maximum Gasteiger partial charge on any atom is 0.387 e. The molecule has 0 saturated heterocycles. The summed E-state index contributed by atoms with van der Waals surface area (Å²) in [5.74, 6) is -1.44. The highest BCUT2D eigenvalue weighted by Gasteiger charge is 2.21. The summed E-state index contributed by atoms with van der Waals surface area (Å²) in [5.41, 5.74) is 8.29. The second-order valence-corrected chi connectivity index (χ2v) is 7.54. The molecule has 1 unspecified atom stereocenters. The maximum atomic E-state index is 14.3. The van der Waals surface area contributed by atoms with Crippen LogP contribution >= 0.6 is 0 Å². The molecule has 1 amide bonds. The molecule has 8 heteroatoms. The number of fused-ring (bicyclic) bond motifs is 1. The topological polar surface area (TPSA) is 80.1 Å². The van der Waals surface area contributed by atoms with E-state index in [1.807, 2.05) is 30.5 Å². The summed E-state index contributed by atoms with van der Waals surface area (Å²) >= 11 is 0. The second-order valence-electron chi connectivity index (χ2n) is 7.54. The number of carbonyl (C=O) groups excluding carboxylic acids is 1. The molecule has 3 aromatic carbocycles. The van der Waals surface area contributed by atoms with E-state index in [1.54, 1.807) is 12.1 Å². The number of benzene rings is 3. The van der Waals surface area contributed by atoms with Crippen molar-refractivity contribution in [1.29, 1.82) is 0 Å². The standard InChI is InChI=1S/C25H22F3N3O2/c26-21-7-3-1-5-18(21)15-9-10-23(33-25(27)28)20(12-15)24(32)31-17(13-29)11-16-14-30-22-8-4-2-6-19(16)22/h1-10,12,14,17,25,30H,11,13,29H2,(H,31,32). The molecule has 33 heavy (non-hydrogen) atoms. The molecule has 1 heterocycles. The van der Waals surface area contributed by atoms with Crippen molar-refractivity contribution in [2.45, 2.75) is 19.1 Å². The molecule has 0 spiro atoms. The van der Waals surface area contributed by atoms with E-state index in [0.29, 0.717) is 12.0 Å². The van der Waals surface area contributed by atoms with Crippen molar-refractivity contribution < 1.29 is 22.7 Å². The van der Waals surface area contributed by atoms with Crippen LogP contribution < -0.4 is 15.8 Å². The van der Waals surface area contributed by atoms with Gasteiger partial charge in [0, 0.05) is 35.2 Å². The number of rotatable bonds is 8. The predicted molar refractivity (Wildman–Crippen MR) is 121 cm³/mol. The van der Waals surface area contributed by atoms with Gasteiger partial charge in [0.05, 0.1) is 5.56 Å². The van der Waals surface area contributed by atoms with Crippen molar-refractivity contribution in [1.82, 2.24) is 10.3 Å². The molecule has 0 fully saturated rings. The molecule has 1 atom stereocenters. The highest BCUT2D eigenvalue weighted by Crippen LogP contribution is 2.29. The number of aromatic nitrogens is 1. The van der Waals surface area contributed by atoms with E-state index in [1.165, 1.54) is 30.3 Å². The third-order valence-corrected chi connectivity index (χ3v) is 5.39. The lowest BCUT2D eigenvalue weighted by atomic mass is 10.0. The van der Waals surface area contributed by atoms with Gasteiger partial charge in [0.2, 0.25) is 0 Å². The van der Waals surface area contributed by atoms with E-state index in [2.05, 4.69) is 15.0 Å². The third-order valence-electron chi connectivity index (χ3n) is 5.39. The van der Waals surface area contributed by atoms with Crippen LogP contribution in [0, 0.1) is 5.82 Å². The predicted octanol–water partition coefficient (Wildman–Crippen LogP) is 4.88. The second kappa shape index (κ2) is 9.79. The zero-order chi connectivity index (χ0) is 23.4. The summed E-state index contributed by atoms with van der Waals surface area (Å²) in [4.78, 5) is 16.3. The third kappa shape index (κ3) is 5.01. The van der Waals surface area contributed by atoms with E-state index in [4.69, 9.17) is 5.73 Å². The number of para-hydroxylation sites is 1. The number of ether oxygens (including phenoxy) is 1. The van der Waals surface area contributed by atoms with Gasteiger partial charge in [-0.25, -0.2) is 4.39 Å². The van der Waals surface area contributed by atoms with E-state index < -0.39 is 24.4 Å². The number of nitrogens with one attached hydrogen (secondary N) is 2. The molecule has 4 aromatic rings. The molecule has 0 bridgehead atoms. The molecule has 4 rings (SSSR count). The summed E-state index contributed by atoms with van der Waals surface area (Å²) in [5, 5.41) is 3.80. The Hall–Kier alpha value is -3.78. The number of H-pyrrole nitrogens is 1. The molecule has 0 aliphatic rings. The minimum atomic E-state index is -3.12. The Kier molecular flexibility index (Phi) is 6.65. The maximum absolute atomic E-state index is 14.3. The van der Waals surface area contributed by atoms with Crippen LogP contribution in [0.2, 0.25) is 0 Å². The van der Waals surface area contributed by atoms with Gasteiger partial charge in [0.1, 0.15) is 11.6 Å². The fourth-order valence-corrected chi connectivity index (χ4v) is 3.79. The van der Waals surface area contributed by atoms with Gasteiger partial charge in [-0.1, -0.05) is 42.5 Å². The lowest BCUT2D eigenvalue weighted by molar-refractivity contribution is -0.0501. The van der Waals surface area contributed by atoms with Gasteiger partial charge in [-0.15, -0.1) is 0 Å². The Bertz CT molecular complexity index is 1270. The lowest BCUT2D eigenvalue weighted by Crippen LogP contribution is -2.41. The number of halogens is 3. The van der Waals surface area contributed by atoms with E-state index in [-0.39, 0.29) is 23.4 Å². The number of hydrogen-bond donors (Lipinski definition) is 3. The number of hydrogen-bond acceptors (Lipinski definition) is 3. The first-order chi connectivity index (χ1) is 16.0. The van der Waals surface area contributed by atoms with Crippen LogP contribution in [-0.2, 0) is 6.42 Å². The van der Waals surface area contributed by atoms with E-state index in [0.717, 1.165) is 16.5 Å². The smallest absolute Gasteiger partial charge is 0.387 e. The van der Waals surface area contributed by atoms with Gasteiger partial charge >= 0.3 is 6.61 Å². The van der Waals surface area contributed by atoms with E-state index >= 15 is 0 Å². The molecule has 170 valence electrons. The zero-order valence-corrected chi connectivity index (χ0v) is 17.5. The van der Waals surface area contributed by atoms with Gasteiger partial charge in [-0.3, -0.25) is 4.79 Å². The molecular formula is C25H22F3N3O2. The summed E-state index contributed by atoms with van der Waals surface area (Å²) in [6.45, 7) is -2.99. The number of amides is 1. The van der Waals surface area contributed by atoms with E-state index in [9.17, 15) is 18.0 Å². The average molecular weight is 453 g/mol. The van der Waals surface area contributed by atoms with Gasteiger partial charge in [-0.2, -0.15) is 8.78 Å². The van der Waals surface area contributed by atoms with Gasteiger partial charge < -0.3 is 20.8 Å². The van der Waals surface area contributed by atoms with Crippen LogP contribution in [0.4, 0.5) is 13.2 Å². The van der Waals surface area contributed by atoms with Crippen molar-refractivity contribution >= 4 is 16.8 Å². The summed E-state index contributed by atoms with van der Waals surface area (Å²) < 4.78 is 44.7. The van der Waals surface area contributed by atoms with Crippen molar-refractivity contribution in [2.24, 2.45) is 5.73 Å². The Morgan fingerprint density at radius 2 is 1.82 bits per heavy atom. The summed E-state index contributed by atoms with van der Waals surface area (Å²) in [6, 6.07) is 17.3. The SMILES string of the molecule is NCC(Cc1c[nH]c2ccccc12)NC(=O)c1cc(-c2ccccc2F)ccc1OC(F)F. The minimum absolute atomic E-state index is 0.128. The molecule has 5 nitrogen and oxygen atoms in total. The molecule has 0 aliphatic carbocycles. The Labute approximate surface area is 188 Å². The Morgan fingerprint density at radius 3 is 2.58 bits per heavy atom. The van der Waals surface area contributed by atoms with Crippen LogP contribution in [-0.4, -0.2) is 30.1 Å². The summed E-state index contributed by atoms with van der Waals surface area (Å²) in [6.07, 6.45) is 2.29. The number of alkyl halides is 2. The first-order valence-corrected chi connectivity index (χ1v) is 10.4. The first kappa shape index (κ1) is 22.4. The molecular weight excluding hydrogens is 431 g/mol. The first-order valence-electron chi connectivity index (χ1n) is 10.4. The normalized spacial score (nSPS) is 12.2. The van der Waals surface area contributed by atoms with Crippen molar-refractivity contribution in [2.75, 3.05) is 6.54 Å². The molecule has 0 saturated carbocycles. The molecule has 0 aliphatic heterocycles. The van der Waals surface area contributed by atoms with Crippen molar-refractivity contribution in [3.63, 3.8) is 0 Å². The highest BCUT2D eigenvalue weighted by molar-refractivity contribution is 5.98. The number of nitrogens with two attached hydrogens (primary N) is 1. The minimum Gasteiger partial charge on any atom is -0.434 e.